The van der Waals surface area contributed by atoms with Crippen LogP contribution in [0.2, 0.25) is 0 Å². The molecule has 4 N–H and O–H groups in total. The number of hydrogen-bond acceptors (Lipinski definition) is 3. The summed E-state index contributed by atoms with van der Waals surface area (Å²) in [5.74, 6) is -0.0367. The molecule has 1 aromatic rings. The van der Waals surface area contributed by atoms with Crippen molar-refractivity contribution in [2.24, 2.45) is 11.7 Å². The van der Waals surface area contributed by atoms with Crippen LogP contribution in [0.25, 0.3) is 0 Å². The van der Waals surface area contributed by atoms with E-state index in [9.17, 15) is 9.59 Å². The van der Waals surface area contributed by atoms with Crippen molar-refractivity contribution < 1.29 is 9.59 Å². The molecular weight excluding hydrogens is 230 g/mol. The fourth-order valence-corrected chi connectivity index (χ4v) is 1.63. The van der Waals surface area contributed by atoms with Crippen LogP contribution in [-0.2, 0) is 9.59 Å². The number of rotatable bonds is 4. The molecule has 96 valence electrons. The van der Waals surface area contributed by atoms with Crippen LogP contribution in [0.1, 0.15) is 18.4 Å². The number of benzene rings is 1. The summed E-state index contributed by atoms with van der Waals surface area (Å²) in [7, 11) is 0. The van der Waals surface area contributed by atoms with Gasteiger partial charge in [-0.3, -0.25) is 9.59 Å². The summed E-state index contributed by atoms with van der Waals surface area (Å²) in [5, 5.41) is 5.54. The highest BCUT2D eigenvalue weighted by atomic mass is 16.2. The number of carbonyl (C=O) groups is 2. The van der Waals surface area contributed by atoms with E-state index >= 15 is 0 Å². The number of carbonyl (C=O) groups excluding carboxylic acids is 2. The lowest BCUT2D eigenvalue weighted by molar-refractivity contribution is -0.117. The zero-order chi connectivity index (χ0) is 13.1. The average molecular weight is 247 g/mol. The Morgan fingerprint density at radius 3 is 2.67 bits per heavy atom. The van der Waals surface area contributed by atoms with E-state index in [4.69, 9.17) is 5.73 Å². The van der Waals surface area contributed by atoms with Gasteiger partial charge in [-0.25, -0.2) is 0 Å². The smallest absolute Gasteiger partial charge is 0.238 e. The normalized spacial score (nSPS) is 14.1. The lowest BCUT2D eigenvalue weighted by Gasteiger charge is -2.11. The van der Waals surface area contributed by atoms with E-state index in [1.807, 2.05) is 13.0 Å². The molecule has 1 aliphatic carbocycles. The maximum atomic E-state index is 11.7. The molecule has 0 saturated heterocycles. The Bertz CT molecular complexity index is 481. The molecule has 0 aliphatic heterocycles. The van der Waals surface area contributed by atoms with Crippen molar-refractivity contribution in [3.63, 3.8) is 0 Å². The summed E-state index contributed by atoms with van der Waals surface area (Å²) < 4.78 is 0. The van der Waals surface area contributed by atoms with Crippen LogP contribution in [0.3, 0.4) is 0 Å². The van der Waals surface area contributed by atoms with Gasteiger partial charge in [-0.15, -0.1) is 0 Å². The minimum atomic E-state index is -0.252. The molecule has 5 heteroatoms. The molecular formula is C13H17N3O2. The van der Waals surface area contributed by atoms with Gasteiger partial charge in [0.15, 0.2) is 0 Å². The molecule has 2 amide bonds. The molecule has 1 fully saturated rings. The van der Waals surface area contributed by atoms with Gasteiger partial charge in [0.05, 0.1) is 6.54 Å². The van der Waals surface area contributed by atoms with E-state index in [1.54, 1.807) is 12.1 Å². The van der Waals surface area contributed by atoms with Crippen LogP contribution in [0.15, 0.2) is 18.2 Å². The van der Waals surface area contributed by atoms with E-state index in [0.29, 0.717) is 5.69 Å². The average Bonchev–Trinajstić information content (AvgIpc) is 3.17. The van der Waals surface area contributed by atoms with Gasteiger partial charge >= 0.3 is 0 Å². The Morgan fingerprint density at radius 1 is 1.33 bits per heavy atom. The summed E-state index contributed by atoms with van der Waals surface area (Å²) in [4.78, 5) is 22.9. The second kappa shape index (κ2) is 5.18. The minimum absolute atomic E-state index is 0.0559. The molecule has 0 unspecified atom stereocenters. The SMILES string of the molecule is Cc1ccc(NC(=O)CN)cc1NC(=O)C1CC1. The van der Waals surface area contributed by atoms with Gasteiger partial charge < -0.3 is 16.4 Å². The van der Waals surface area contributed by atoms with Gasteiger partial charge in [0.2, 0.25) is 11.8 Å². The van der Waals surface area contributed by atoms with Crippen molar-refractivity contribution >= 4 is 23.2 Å². The molecule has 0 atom stereocenters. The number of aryl methyl sites for hydroxylation is 1. The van der Waals surface area contributed by atoms with Crippen molar-refractivity contribution in [2.45, 2.75) is 19.8 Å². The first-order valence-electron chi connectivity index (χ1n) is 6.01. The number of nitrogens with two attached hydrogens (primary N) is 1. The molecule has 0 bridgehead atoms. The van der Waals surface area contributed by atoms with Crippen LogP contribution in [0.4, 0.5) is 11.4 Å². The lowest BCUT2D eigenvalue weighted by atomic mass is 10.1. The second-order valence-electron chi connectivity index (χ2n) is 4.55. The fourth-order valence-electron chi connectivity index (χ4n) is 1.63. The minimum Gasteiger partial charge on any atom is -0.326 e. The Balaban J connectivity index is 2.10. The largest absolute Gasteiger partial charge is 0.326 e. The highest BCUT2D eigenvalue weighted by molar-refractivity contribution is 5.96. The third-order valence-corrected chi connectivity index (χ3v) is 2.91. The summed E-state index contributed by atoms with van der Waals surface area (Å²) in [6, 6.07) is 5.40. The second-order valence-corrected chi connectivity index (χ2v) is 4.55. The predicted molar refractivity (Wildman–Crippen MR) is 70.2 cm³/mol. The van der Waals surface area contributed by atoms with E-state index in [2.05, 4.69) is 10.6 Å². The van der Waals surface area contributed by atoms with Crippen LogP contribution >= 0.6 is 0 Å². The molecule has 0 spiro atoms. The number of hydrogen-bond donors (Lipinski definition) is 3. The lowest BCUT2D eigenvalue weighted by Crippen LogP contribution is -2.22. The molecule has 1 saturated carbocycles. The first-order valence-corrected chi connectivity index (χ1v) is 6.01. The topological polar surface area (TPSA) is 84.2 Å². The Morgan fingerprint density at radius 2 is 2.06 bits per heavy atom. The Hall–Kier alpha value is -1.88. The standard InChI is InChI=1S/C13H17N3O2/c1-8-2-5-10(15-12(17)7-14)6-11(8)16-13(18)9-3-4-9/h2,5-6,9H,3-4,7,14H2,1H3,(H,15,17)(H,16,18). The van der Waals surface area contributed by atoms with Crippen molar-refractivity contribution in [2.75, 3.05) is 17.2 Å². The first-order chi connectivity index (χ1) is 8.60. The number of nitrogens with one attached hydrogen (secondary N) is 2. The summed E-state index contributed by atoms with van der Waals surface area (Å²) in [6.07, 6.45) is 1.93. The molecule has 18 heavy (non-hydrogen) atoms. The Kier molecular flexibility index (Phi) is 3.62. The van der Waals surface area contributed by atoms with Crippen LogP contribution in [0, 0.1) is 12.8 Å². The van der Waals surface area contributed by atoms with E-state index in [1.165, 1.54) is 0 Å². The third-order valence-electron chi connectivity index (χ3n) is 2.91. The molecule has 5 nitrogen and oxygen atoms in total. The molecule has 0 heterocycles. The molecule has 0 radical (unpaired) electrons. The van der Waals surface area contributed by atoms with E-state index in [0.717, 1.165) is 24.1 Å². The maximum absolute atomic E-state index is 11.7. The zero-order valence-corrected chi connectivity index (χ0v) is 10.3. The number of amides is 2. The van der Waals surface area contributed by atoms with Crippen molar-refractivity contribution in [3.8, 4) is 0 Å². The van der Waals surface area contributed by atoms with E-state index < -0.39 is 0 Å². The first kappa shape index (κ1) is 12.6. The Labute approximate surface area is 106 Å². The van der Waals surface area contributed by atoms with Gasteiger partial charge in [-0.05, 0) is 37.5 Å². The van der Waals surface area contributed by atoms with Gasteiger partial charge in [0, 0.05) is 17.3 Å². The highest BCUT2D eigenvalue weighted by Gasteiger charge is 2.29. The predicted octanol–water partition coefficient (Wildman–Crippen LogP) is 1.24. The number of anilines is 2. The monoisotopic (exact) mass is 247 g/mol. The van der Waals surface area contributed by atoms with Crippen LogP contribution in [0.5, 0.6) is 0 Å². The van der Waals surface area contributed by atoms with E-state index in [-0.39, 0.29) is 24.3 Å². The molecule has 2 rings (SSSR count). The van der Waals surface area contributed by atoms with Gasteiger partial charge in [-0.1, -0.05) is 6.07 Å². The van der Waals surface area contributed by atoms with Crippen molar-refractivity contribution in [1.29, 1.82) is 0 Å². The van der Waals surface area contributed by atoms with Gasteiger partial charge in [-0.2, -0.15) is 0 Å². The molecule has 1 aliphatic rings. The zero-order valence-electron chi connectivity index (χ0n) is 10.3. The van der Waals surface area contributed by atoms with Crippen molar-refractivity contribution in [3.05, 3.63) is 23.8 Å². The summed E-state index contributed by atoms with van der Waals surface area (Å²) in [5.41, 5.74) is 7.58. The van der Waals surface area contributed by atoms with Crippen LogP contribution in [-0.4, -0.2) is 18.4 Å². The summed E-state index contributed by atoms with van der Waals surface area (Å²) >= 11 is 0. The summed E-state index contributed by atoms with van der Waals surface area (Å²) in [6.45, 7) is 1.86. The fraction of sp³-hybridized carbons (Fsp3) is 0.385. The van der Waals surface area contributed by atoms with Gasteiger partial charge in [0.25, 0.3) is 0 Å². The highest BCUT2D eigenvalue weighted by Crippen LogP contribution is 2.31. The van der Waals surface area contributed by atoms with Crippen molar-refractivity contribution in [1.82, 2.24) is 0 Å². The van der Waals surface area contributed by atoms with Crippen LogP contribution < -0.4 is 16.4 Å². The molecule has 1 aromatic carbocycles. The molecule has 0 aromatic heterocycles. The quantitative estimate of drug-likeness (QED) is 0.748. The third kappa shape index (κ3) is 3.07. The van der Waals surface area contributed by atoms with Gasteiger partial charge in [0.1, 0.15) is 0 Å². The maximum Gasteiger partial charge on any atom is 0.238 e.